The molecule has 0 spiro atoms. The van der Waals surface area contributed by atoms with Crippen LogP contribution in [-0.2, 0) is 5.67 Å². The lowest BCUT2D eigenvalue weighted by Crippen LogP contribution is -2.44. The minimum absolute atomic E-state index is 0.140. The zero-order chi connectivity index (χ0) is 12.6. The van der Waals surface area contributed by atoms with E-state index in [1.807, 2.05) is 37.4 Å². The van der Waals surface area contributed by atoms with Gasteiger partial charge in [0.05, 0.1) is 6.04 Å². The van der Waals surface area contributed by atoms with Crippen LogP contribution in [0.5, 0.6) is 0 Å². The van der Waals surface area contributed by atoms with Gasteiger partial charge in [0, 0.05) is 26.6 Å². The topological polar surface area (TPSA) is 27.6 Å². The Hall–Kier alpha value is -1.58. The van der Waals surface area contributed by atoms with Gasteiger partial charge in [0.25, 0.3) is 0 Å². The van der Waals surface area contributed by atoms with E-state index in [0.29, 0.717) is 6.42 Å². The van der Waals surface area contributed by atoms with Crippen molar-refractivity contribution in [3.8, 4) is 0 Å². The van der Waals surface area contributed by atoms with Gasteiger partial charge in [-0.15, -0.1) is 0 Å². The molecule has 2 atom stereocenters. The number of rotatable bonds is 2. The van der Waals surface area contributed by atoms with Gasteiger partial charge in [-0.25, -0.2) is 4.39 Å². The van der Waals surface area contributed by atoms with E-state index < -0.39 is 5.67 Å². The Balaban J connectivity index is 1.69. The highest BCUT2D eigenvalue weighted by atomic mass is 19.1. The first-order valence-corrected chi connectivity index (χ1v) is 6.47. The second-order valence-corrected chi connectivity index (χ2v) is 5.11. The molecule has 1 N–H and O–H groups in total. The SMILES string of the molecule is CN1CCCN=C1NC1CC1(F)c1ccccc1. The standard InChI is InChI=1S/C14H18FN3/c1-18-9-5-8-16-13(18)17-12-10-14(12,15)11-6-3-2-4-7-11/h2-4,6-7,12H,5,8-10H2,1H3,(H,16,17). The van der Waals surface area contributed by atoms with E-state index in [1.165, 1.54) is 0 Å². The molecule has 1 aromatic rings. The van der Waals surface area contributed by atoms with E-state index in [0.717, 1.165) is 31.0 Å². The Morgan fingerprint density at radius 2 is 2.17 bits per heavy atom. The molecule has 1 aliphatic carbocycles. The molecule has 3 rings (SSSR count). The van der Waals surface area contributed by atoms with Crippen molar-refractivity contribution in [3.63, 3.8) is 0 Å². The van der Waals surface area contributed by atoms with E-state index in [9.17, 15) is 4.39 Å². The van der Waals surface area contributed by atoms with Gasteiger partial charge < -0.3 is 10.2 Å². The Morgan fingerprint density at radius 3 is 2.89 bits per heavy atom. The second kappa shape index (κ2) is 4.26. The van der Waals surface area contributed by atoms with Crippen LogP contribution in [-0.4, -0.2) is 37.0 Å². The summed E-state index contributed by atoms with van der Waals surface area (Å²) in [4.78, 5) is 6.48. The van der Waals surface area contributed by atoms with Crippen LogP contribution in [0.1, 0.15) is 18.4 Å². The molecule has 1 fully saturated rings. The van der Waals surface area contributed by atoms with E-state index in [4.69, 9.17) is 0 Å². The van der Waals surface area contributed by atoms with E-state index >= 15 is 0 Å². The maximum absolute atomic E-state index is 14.6. The molecule has 4 heteroatoms. The molecule has 18 heavy (non-hydrogen) atoms. The van der Waals surface area contributed by atoms with Gasteiger partial charge in [-0.2, -0.15) is 0 Å². The lowest BCUT2D eigenvalue weighted by Gasteiger charge is -2.26. The fourth-order valence-electron chi connectivity index (χ4n) is 2.47. The molecule has 1 heterocycles. The number of nitrogens with zero attached hydrogens (tertiary/aromatic N) is 2. The van der Waals surface area contributed by atoms with Crippen LogP contribution in [0.2, 0.25) is 0 Å². The lowest BCUT2D eigenvalue weighted by atomic mass is 10.1. The average Bonchev–Trinajstić information content (AvgIpc) is 3.06. The summed E-state index contributed by atoms with van der Waals surface area (Å²) in [7, 11) is 2.00. The smallest absolute Gasteiger partial charge is 0.194 e. The van der Waals surface area contributed by atoms with Crippen molar-refractivity contribution in [2.45, 2.75) is 24.6 Å². The minimum atomic E-state index is -1.22. The normalized spacial score (nSPS) is 30.9. The van der Waals surface area contributed by atoms with Crippen molar-refractivity contribution >= 4 is 5.96 Å². The van der Waals surface area contributed by atoms with E-state index in [1.54, 1.807) is 0 Å². The molecule has 1 aliphatic heterocycles. The summed E-state index contributed by atoms with van der Waals surface area (Å²) in [5.41, 5.74) is -0.455. The Labute approximate surface area is 107 Å². The van der Waals surface area contributed by atoms with Crippen LogP contribution < -0.4 is 5.32 Å². The van der Waals surface area contributed by atoms with Crippen molar-refractivity contribution in [1.82, 2.24) is 10.2 Å². The highest BCUT2D eigenvalue weighted by molar-refractivity contribution is 5.81. The summed E-state index contributed by atoms with van der Waals surface area (Å²) >= 11 is 0. The van der Waals surface area contributed by atoms with Gasteiger partial charge in [0.2, 0.25) is 0 Å². The molecule has 2 unspecified atom stereocenters. The number of hydrogen-bond donors (Lipinski definition) is 1. The van der Waals surface area contributed by atoms with Gasteiger partial charge in [-0.3, -0.25) is 4.99 Å². The largest absolute Gasteiger partial charge is 0.350 e. The maximum Gasteiger partial charge on any atom is 0.194 e. The molecule has 0 bridgehead atoms. The van der Waals surface area contributed by atoms with Gasteiger partial charge in [-0.1, -0.05) is 30.3 Å². The molecular formula is C14H18FN3. The summed E-state index contributed by atoms with van der Waals surface area (Å²) in [6.45, 7) is 1.83. The summed E-state index contributed by atoms with van der Waals surface area (Å²) in [5, 5.41) is 3.23. The van der Waals surface area contributed by atoms with E-state index in [2.05, 4.69) is 15.2 Å². The molecule has 3 nitrogen and oxygen atoms in total. The van der Waals surface area contributed by atoms with Crippen LogP contribution in [0.25, 0.3) is 0 Å². The predicted octanol–water partition coefficient (Wildman–Crippen LogP) is 1.90. The molecule has 0 radical (unpaired) electrons. The fourth-order valence-corrected chi connectivity index (χ4v) is 2.47. The lowest BCUT2D eigenvalue weighted by molar-refractivity contribution is 0.297. The zero-order valence-corrected chi connectivity index (χ0v) is 10.6. The highest BCUT2D eigenvalue weighted by Gasteiger charge is 2.57. The van der Waals surface area contributed by atoms with Gasteiger partial charge in [0.15, 0.2) is 11.6 Å². The first-order chi connectivity index (χ1) is 8.70. The van der Waals surface area contributed by atoms with E-state index in [-0.39, 0.29) is 6.04 Å². The van der Waals surface area contributed by atoms with Crippen molar-refractivity contribution in [2.75, 3.05) is 20.1 Å². The Morgan fingerprint density at radius 1 is 1.39 bits per heavy atom. The third kappa shape index (κ3) is 1.96. The summed E-state index contributed by atoms with van der Waals surface area (Å²) in [5.74, 6) is 0.835. The summed E-state index contributed by atoms with van der Waals surface area (Å²) in [6, 6.07) is 9.25. The van der Waals surface area contributed by atoms with Crippen LogP contribution in [0.15, 0.2) is 35.3 Å². The predicted molar refractivity (Wildman–Crippen MR) is 70.3 cm³/mol. The molecule has 2 aliphatic rings. The summed E-state index contributed by atoms with van der Waals surface area (Å²) < 4.78 is 14.6. The third-order valence-electron chi connectivity index (χ3n) is 3.73. The Kier molecular flexibility index (Phi) is 2.73. The first-order valence-electron chi connectivity index (χ1n) is 6.47. The number of halogens is 1. The van der Waals surface area contributed by atoms with Crippen LogP contribution in [0, 0.1) is 0 Å². The number of alkyl halides is 1. The summed E-state index contributed by atoms with van der Waals surface area (Å²) in [6.07, 6.45) is 1.61. The molecule has 0 saturated heterocycles. The van der Waals surface area contributed by atoms with Gasteiger partial charge >= 0.3 is 0 Å². The average molecular weight is 247 g/mol. The molecule has 0 aromatic heterocycles. The number of guanidine groups is 1. The minimum Gasteiger partial charge on any atom is -0.350 e. The molecular weight excluding hydrogens is 229 g/mol. The van der Waals surface area contributed by atoms with Crippen molar-refractivity contribution < 1.29 is 4.39 Å². The Bertz CT molecular complexity index is 459. The fraction of sp³-hybridized carbons (Fsp3) is 0.500. The van der Waals surface area contributed by atoms with Crippen LogP contribution >= 0.6 is 0 Å². The van der Waals surface area contributed by atoms with Crippen molar-refractivity contribution in [3.05, 3.63) is 35.9 Å². The van der Waals surface area contributed by atoms with Crippen LogP contribution in [0.3, 0.4) is 0 Å². The highest BCUT2D eigenvalue weighted by Crippen LogP contribution is 2.49. The van der Waals surface area contributed by atoms with Gasteiger partial charge in [-0.05, 0) is 12.0 Å². The quantitative estimate of drug-likeness (QED) is 0.864. The number of aliphatic imine (C=N–C) groups is 1. The second-order valence-electron chi connectivity index (χ2n) is 5.11. The molecule has 96 valence electrons. The van der Waals surface area contributed by atoms with Gasteiger partial charge in [0.1, 0.15) is 0 Å². The zero-order valence-electron chi connectivity index (χ0n) is 10.6. The maximum atomic E-state index is 14.6. The molecule has 1 saturated carbocycles. The molecule has 0 amide bonds. The number of benzene rings is 1. The number of hydrogen-bond acceptors (Lipinski definition) is 3. The van der Waals surface area contributed by atoms with Crippen LogP contribution in [0.4, 0.5) is 4.39 Å². The molecule has 1 aromatic carbocycles. The van der Waals surface area contributed by atoms with Crippen molar-refractivity contribution in [2.24, 2.45) is 4.99 Å². The number of nitrogens with one attached hydrogen (secondary N) is 1. The monoisotopic (exact) mass is 247 g/mol. The first kappa shape index (κ1) is 11.5. The van der Waals surface area contributed by atoms with Crippen molar-refractivity contribution in [1.29, 1.82) is 0 Å². The third-order valence-corrected chi connectivity index (χ3v) is 3.73.